The van der Waals surface area contributed by atoms with Crippen LogP contribution in [0.15, 0.2) is 35.7 Å². The van der Waals surface area contributed by atoms with Gasteiger partial charge >= 0.3 is 0 Å². The van der Waals surface area contributed by atoms with Gasteiger partial charge in [0.1, 0.15) is 0 Å². The third kappa shape index (κ3) is 1.96. The predicted molar refractivity (Wildman–Crippen MR) is 57.0 cm³/mol. The maximum absolute atomic E-state index is 11.5. The minimum atomic E-state index is -0.0545. The molecule has 1 aromatic heterocycles. The lowest BCUT2D eigenvalue weighted by molar-refractivity contribution is -0.481. The van der Waals surface area contributed by atoms with Crippen molar-refractivity contribution in [3.05, 3.63) is 35.7 Å². The number of hydrogen-bond donors (Lipinski definition) is 1. The Bertz CT molecular complexity index is 507. The maximum atomic E-state index is 11.5. The van der Waals surface area contributed by atoms with Crippen molar-refractivity contribution in [2.45, 2.75) is 0 Å². The molecule has 1 aromatic carbocycles. The third-order valence-electron chi connectivity index (χ3n) is 2.08. The number of nitrogens with one attached hydrogen (secondary N) is 1. The summed E-state index contributed by atoms with van der Waals surface area (Å²) in [7, 11) is 1.45. The van der Waals surface area contributed by atoms with Crippen LogP contribution in [0.3, 0.4) is 0 Å². The Balaban J connectivity index is 2.29. The van der Waals surface area contributed by atoms with Gasteiger partial charge in [-0.2, -0.15) is 0 Å². The lowest BCUT2D eigenvalue weighted by Gasteiger charge is -1.97. The summed E-state index contributed by atoms with van der Waals surface area (Å²) < 4.78 is 4.61. The van der Waals surface area contributed by atoms with Gasteiger partial charge in [-0.25, -0.2) is 0 Å². The number of fused-ring (bicyclic) bond motifs is 1. The molecular weight excluding hydrogens is 210 g/mol. The third-order valence-corrected chi connectivity index (χ3v) is 2.08. The van der Waals surface area contributed by atoms with E-state index in [9.17, 15) is 5.21 Å². The van der Waals surface area contributed by atoms with E-state index >= 15 is 0 Å². The molecule has 6 heteroatoms. The van der Waals surface area contributed by atoms with Crippen LogP contribution in [0.2, 0.25) is 0 Å². The second kappa shape index (κ2) is 4.63. The minimum absolute atomic E-state index is 0.0545. The van der Waals surface area contributed by atoms with E-state index in [1.54, 1.807) is 6.20 Å². The molecule has 2 aromatic rings. The van der Waals surface area contributed by atoms with Crippen molar-refractivity contribution in [1.29, 1.82) is 0 Å². The number of methoxy groups -OCH3 is 1. The van der Waals surface area contributed by atoms with Crippen LogP contribution in [0.25, 0.3) is 10.9 Å². The van der Waals surface area contributed by atoms with Gasteiger partial charge < -0.3 is 19.8 Å². The molecule has 1 N–H and O–H groups in total. The molecule has 0 atom stereocenters. The zero-order valence-electron chi connectivity index (χ0n) is 8.71. The zero-order chi connectivity index (χ0) is 11.4. The Hall–Kier alpha value is -2.08. The van der Waals surface area contributed by atoms with Gasteiger partial charge in [0.15, 0.2) is 0 Å². The smallest absolute Gasteiger partial charge is 0.273 e. The van der Waals surface area contributed by atoms with Crippen LogP contribution in [-0.2, 0) is 9.57 Å². The molecule has 0 saturated heterocycles. The SMILES string of the molecule is COCO/N=[N+](\[O-])c1c[nH]c2ccccc12. The Labute approximate surface area is 91.6 Å². The van der Waals surface area contributed by atoms with Crippen LogP contribution < -0.4 is 0 Å². The van der Waals surface area contributed by atoms with Gasteiger partial charge in [0.25, 0.3) is 5.69 Å². The van der Waals surface area contributed by atoms with E-state index in [2.05, 4.69) is 19.8 Å². The highest BCUT2D eigenvalue weighted by molar-refractivity contribution is 5.88. The lowest BCUT2D eigenvalue weighted by Crippen LogP contribution is -1.95. The Kier molecular flexibility index (Phi) is 3.02. The summed E-state index contributed by atoms with van der Waals surface area (Å²) in [6.45, 7) is -0.0545. The fraction of sp³-hybridized carbons (Fsp3) is 0.200. The van der Waals surface area contributed by atoms with Crippen molar-refractivity contribution in [3.63, 3.8) is 0 Å². The van der Waals surface area contributed by atoms with Crippen LogP contribution in [0.1, 0.15) is 0 Å². The van der Waals surface area contributed by atoms with Gasteiger partial charge in [0.05, 0.1) is 17.1 Å². The second-order valence-electron chi connectivity index (χ2n) is 3.11. The van der Waals surface area contributed by atoms with E-state index in [0.29, 0.717) is 10.5 Å². The summed E-state index contributed by atoms with van der Waals surface area (Å²) in [5, 5.41) is 15.7. The first-order valence-electron chi connectivity index (χ1n) is 4.68. The first-order chi connectivity index (χ1) is 7.83. The number of para-hydroxylation sites is 1. The molecule has 0 aliphatic carbocycles. The van der Waals surface area contributed by atoms with Crippen LogP contribution in [0.4, 0.5) is 5.69 Å². The summed E-state index contributed by atoms with van der Waals surface area (Å²) in [4.78, 5) is 8.01. The van der Waals surface area contributed by atoms with Crippen LogP contribution >= 0.6 is 0 Å². The molecule has 2 rings (SSSR count). The molecular formula is C10H11N3O3. The largest absolute Gasteiger partial charge is 0.592 e. The molecule has 0 amide bonds. The molecule has 1 heterocycles. The van der Waals surface area contributed by atoms with Crippen molar-refractivity contribution in [1.82, 2.24) is 4.98 Å². The zero-order valence-corrected chi connectivity index (χ0v) is 8.71. The number of rotatable bonds is 4. The topological polar surface area (TPSA) is 72.7 Å². The molecule has 16 heavy (non-hydrogen) atoms. The van der Waals surface area contributed by atoms with Crippen molar-refractivity contribution in [3.8, 4) is 0 Å². The average molecular weight is 221 g/mol. The van der Waals surface area contributed by atoms with Crippen molar-refractivity contribution >= 4 is 16.6 Å². The summed E-state index contributed by atoms with van der Waals surface area (Å²) >= 11 is 0. The van der Waals surface area contributed by atoms with Crippen LogP contribution in [-0.4, -0.2) is 23.7 Å². The predicted octanol–water partition coefficient (Wildman–Crippen LogP) is 2.30. The molecule has 0 aliphatic rings. The summed E-state index contributed by atoms with van der Waals surface area (Å²) in [5.74, 6) is 0. The fourth-order valence-corrected chi connectivity index (χ4v) is 1.39. The van der Waals surface area contributed by atoms with E-state index < -0.39 is 0 Å². The highest BCUT2D eigenvalue weighted by Crippen LogP contribution is 2.24. The highest BCUT2D eigenvalue weighted by Gasteiger charge is 2.11. The minimum Gasteiger partial charge on any atom is -0.592 e. The molecule has 0 fully saturated rings. The number of benzene rings is 1. The van der Waals surface area contributed by atoms with Gasteiger partial charge in [0, 0.05) is 7.11 Å². The van der Waals surface area contributed by atoms with Crippen molar-refractivity contribution in [2.24, 2.45) is 5.28 Å². The second-order valence-corrected chi connectivity index (χ2v) is 3.11. The maximum Gasteiger partial charge on any atom is 0.273 e. The Morgan fingerprint density at radius 3 is 3.06 bits per heavy atom. The standard InChI is InChI=1S/C10H11N3O3/c1-15-7-16-12-13(14)10-6-11-9-5-3-2-4-8(9)10/h2-6,11H,7H2,1H3/b13-12-. The van der Waals surface area contributed by atoms with E-state index in [0.717, 1.165) is 10.9 Å². The first kappa shape index (κ1) is 10.4. The van der Waals surface area contributed by atoms with Gasteiger partial charge in [0.2, 0.25) is 12.1 Å². The van der Waals surface area contributed by atoms with E-state index in [1.165, 1.54) is 7.11 Å². The first-order valence-corrected chi connectivity index (χ1v) is 4.68. The fourth-order valence-electron chi connectivity index (χ4n) is 1.39. The highest BCUT2D eigenvalue weighted by atomic mass is 16.8. The molecule has 0 spiro atoms. The van der Waals surface area contributed by atoms with Crippen LogP contribution in [0.5, 0.6) is 0 Å². The van der Waals surface area contributed by atoms with E-state index in [1.807, 2.05) is 24.3 Å². The Morgan fingerprint density at radius 2 is 2.25 bits per heavy atom. The molecule has 0 aliphatic heterocycles. The number of ether oxygens (including phenoxy) is 1. The summed E-state index contributed by atoms with van der Waals surface area (Å²) in [5.41, 5.74) is 1.28. The molecule has 0 radical (unpaired) electrons. The Morgan fingerprint density at radius 1 is 1.44 bits per heavy atom. The summed E-state index contributed by atoms with van der Waals surface area (Å²) in [6.07, 6.45) is 1.58. The van der Waals surface area contributed by atoms with E-state index in [-0.39, 0.29) is 6.79 Å². The van der Waals surface area contributed by atoms with Gasteiger partial charge in [-0.15, -0.1) is 0 Å². The molecule has 84 valence electrons. The number of nitrogens with zero attached hydrogens (tertiary/aromatic N) is 2. The number of H-pyrrole nitrogens is 1. The van der Waals surface area contributed by atoms with Crippen molar-refractivity contribution < 1.29 is 14.4 Å². The number of aromatic amines is 1. The molecule has 6 nitrogen and oxygen atoms in total. The average Bonchev–Trinajstić information content (AvgIpc) is 2.73. The molecule has 0 saturated carbocycles. The van der Waals surface area contributed by atoms with Crippen LogP contribution in [0, 0.1) is 5.21 Å². The van der Waals surface area contributed by atoms with Gasteiger partial charge in [-0.3, -0.25) is 0 Å². The number of aromatic nitrogens is 1. The number of hydrogen-bond acceptors (Lipinski definition) is 4. The molecule has 0 bridgehead atoms. The lowest BCUT2D eigenvalue weighted by atomic mass is 10.2. The molecule has 0 unspecified atom stereocenters. The normalized spacial score (nSPS) is 11.9. The summed E-state index contributed by atoms with van der Waals surface area (Å²) in [6, 6.07) is 7.44. The van der Waals surface area contributed by atoms with Gasteiger partial charge in [-0.05, 0) is 17.0 Å². The van der Waals surface area contributed by atoms with Gasteiger partial charge in [-0.1, -0.05) is 12.1 Å². The van der Waals surface area contributed by atoms with Crippen molar-refractivity contribution in [2.75, 3.05) is 13.9 Å². The monoisotopic (exact) mass is 221 g/mol. The van der Waals surface area contributed by atoms with E-state index in [4.69, 9.17) is 0 Å². The quantitative estimate of drug-likeness (QED) is 0.283.